The minimum atomic E-state index is -0.213. The number of nitrogens with zero attached hydrogens (tertiary/aromatic N) is 2. The second kappa shape index (κ2) is 7.85. The van der Waals surface area contributed by atoms with Crippen LogP contribution in [0.4, 0.5) is 0 Å². The molecule has 3 rings (SSSR count). The zero-order valence-corrected chi connectivity index (χ0v) is 14.5. The number of rotatable bonds is 5. The van der Waals surface area contributed by atoms with Crippen LogP contribution >= 0.6 is 0 Å². The second-order valence-corrected chi connectivity index (χ2v) is 6.28. The highest BCUT2D eigenvalue weighted by Crippen LogP contribution is 2.26. The van der Waals surface area contributed by atoms with Crippen LogP contribution in [-0.2, 0) is 16.1 Å². The summed E-state index contributed by atoms with van der Waals surface area (Å²) >= 11 is 0. The predicted molar refractivity (Wildman–Crippen MR) is 90.4 cm³/mol. The van der Waals surface area contributed by atoms with E-state index < -0.39 is 0 Å². The zero-order chi connectivity index (χ0) is 16.9. The number of methoxy groups -OCH3 is 2. The van der Waals surface area contributed by atoms with Gasteiger partial charge < -0.3 is 19.1 Å². The molecular formula is C18H26N2O4. The number of amides is 1. The lowest BCUT2D eigenvalue weighted by atomic mass is 10.1. The van der Waals surface area contributed by atoms with Gasteiger partial charge in [-0.05, 0) is 31.0 Å². The Hall–Kier alpha value is -1.79. The first-order valence-electron chi connectivity index (χ1n) is 8.55. The highest BCUT2D eigenvalue weighted by atomic mass is 16.5. The first-order valence-corrected chi connectivity index (χ1v) is 8.55. The van der Waals surface area contributed by atoms with Crippen molar-refractivity contribution in [3.05, 3.63) is 23.8 Å². The number of benzene rings is 1. The van der Waals surface area contributed by atoms with Crippen molar-refractivity contribution < 1.29 is 19.0 Å². The van der Waals surface area contributed by atoms with Crippen LogP contribution in [-0.4, -0.2) is 68.8 Å². The van der Waals surface area contributed by atoms with Gasteiger partial charge in [-0.1, -0.05) is 0 Å². The van der Waals surface area contributed by atoms with E-state index in [0.717, 1.165) is 62.6 Å². The highest BCUT2D eigenvalue weighted by Gasteiger charge is 2.30. The summed E-state index contributed by atoms with van der Waals surface area (Å²) in [5.41, 5.74) is 1.11. The maximum atomic E-state index is 12.4. The zero-order valence-electron chi connectivity index (χ0n) is 14.5. The van der Waals surface area contributed by atoms with Gasteiger partial charge in [0.2, 0.25) is 0 Å². The van der Waals surface area contributed by atoms with Gasteiger partial charge in [-0.25, -0.2) is 0 Å². The normalized spacial score (nSPS) is 21.8. The van der Waals surface area contributed by atoms with Gasteiger partial charge in [0.25, 0.3) is 5.91 Å². The van der Waals surface area contributed by atoms with Crippen LogP contribution in [0.3, 0.4) is 0 Å². The SMILES string of the molecule is COc1ccc(OC)c(CN2CCN(C(=O)[C@@H]3CCCO3)CC2)c1. The lowest BCUT2D eigenvalue weighted by Crippen LogP contribution is -2.51. The van der Waals surface area contributed by atoms with Crippen molar-refractivity contribution in [3.8, 4) is 11.5 Å². The van der Waals surface area contributed by atoms with Gasteiger partial charge in [0.05, 0.1) is 14.2 Å². The average molecular weight is 334 g/mol. The number of hydrogen-bond donors (Lipinski definition) is 0. The highest BCUT2D eigenvalue weighted by molar-refractivity contribution is 5.81. The van der Waals surface area contributed by atoms with Crippen LogP contribution in [0.5, 0.6) is 11.5 Å². The molecule has 2 heterocycles. The van der Waals surface area contributed by atoms with Gasteiger partial charge in [0.15, 0.2) is 0 Å². The van der Waals surface area contributed by atoms with E-state index in [4.69, 9.17) is 14.2 Å². The maximum absolute atomic E-state index is 12.4. The molecule has 0 saturated carbocycles. The Morgan fingerprint density at radius 2 is 2.00 bits per heavy atom. The standard InChI is InChI=1S/C18H26N2O4/c1-22-15-5-6-16(23-2)14(12-15)13-19-7-9-20(10-8-19)18(21)17-4-3-11-24-17/h5-6,12,17H,3-4,7-11,13H2,1-2H3/t17-/m0/s1. The summed E-state index contributed by atoms with van der Waals surface area (Å²) in [6.07, 6.45) is 1.64. The third-order valence-electron chi connectivity index (χ3n) is 4.77. The number of ether oxygens (including phenoxy) is 3. The van der Waals surface area contributed by atoms with Gasteiger partial charge in [-0.2, -0.15) is 0 Å². The van der Waals surface area contributed by atoms with Crippen molar-refractivity contribution in [1.29, 1.82) is 0 Å². The van der Waals surface area contributed by atoms with Crippen LogP contribution in [0.15, 0.2) is 18.2 Å². The monoisotopic (exact) mass is 334 g/mol. The Morgan fingerprint density at radius 1 is 1.21 bits per heavy atom. The molecule has 1 aromatic carbocycles. The van der Waals surface area contributed by atoms with Crippen molar-refractivity contribution >= 4 is 5.91 Å². The molecule has 0 aliphatic carbocycles. The summed E-state index contributed by atoms with van der Waals surface area (Å²) in [5, 5.41) is 0. The second-order valence-electron chi connectivity index (χ2n) is 6.28. The molecule has 0 N–H and O–H groups in total. The lowest BCUT2D eigenvalue weighted by molar-refractivity contribution is -0.142. The third kappa shape index (κ3) is 3.82. The summed E-state index contributed by atoms with van der Waals surface area (Å²) in [5.74, 6) is 1.86. The Bertz CT molecular complexity index is 564. The van der Waals surface area contributed by atoms with E-state index in [-0.39, 0.29) is 12.0 Å². The molecular weight excluding hydrogens is 308 g/mol. The van der Waals surface area contributed by atoms with Gasteiger partial charge in [0, 0.05) is 44.9 Å². The molecule has 24 heavy (non-hydrogen) atoms. The Morgan fingerprint density at radius 3 is 2.62 bits per heavy atom. The fourth-order valence-corrected chi connectivity index (χ4v) is 3.35. The molecule has 2 aliphatic heterocycles. The summed E-state index contributed by atoms with van der Waals surface area (Å²) in [4.78, 5) is 16.7. The van der Waals surface area contributed by atoms with Crippen molar-refractivity contribution in [2.45, 2.75) is 25.5 Å². The third-order valence-corrected chi connectivity index (χ3v) is 4.77. The molecule has 0 spiro atoms. The largest absolute Gasteiger partial charge is 0.497 e. The number of hydrogen-bond acceptors (Lipinski definition) is 5. The molecule has 2 fully saturated rings. The van der Waals surface area contributed by atoms with Crippen LogP contribution < -0.4 is 9.47 Å². The summed E-state index contributed by atoms with van der Waals surface area (Å²) in [7, 11) is 3.35. The van der Waals surface area contributed by atoms with Crippen LogP contribution in [0.2, 0.25) is 0 Å². The molecule has 0 bridgehead atoms. The van der Waals surface area contributed by atoms with Crippen molar-refractivity contribution in [2.75, 3.05) is 47.0 Å². The molecule has 2 aliphatic rings. The smallest absolute Gasteiger partial charge is 0.251 e. The molecule has 0 aromatic heterocycles. The van der Waals surface area contributed by atoms with Gasteiger partial charge >= 0.3 is 0 Å². The van der Waals surface area contributed by atoms with Gasteiger partial charge in [-0.3, -0.25) is 9.69 Å². The van der Waals surface area contributed by atoms with Crippen molar-refractivity contribution in [1.82, 2.24) is 9.80 Å². The van der Waals surface area contributed by atoms with Crippen LogP contribution in [0, 0.1) is 0 Å². The van der Waals surface area contributed by atoms with Crippen molar-refractivity contribution in [3.63, 3.8) is 0 Å². The van der Waals surface area contributed by atoms with E-state index in [0.29, 0.717) is 6.61 Å². The topological polar surface area (TPSA) is 51.2 Å². The van der Waals surface area contributed by atoms with E-state index in [2.05, 4.69) is 4.90 Å². The fourth-order valence-electron chi connectivity index (χ4n) is 3.35. The molecule has 1 amide bonds. The van der Waals surface area contributed by atoms with E-state index in [1.165, 1.54) is 0 Å². The fraction of sp³-hybridized carbons (Fsp3) is 0.611. The summed E-state index contributed by atoms with van der Waals surface area (Å²) < 4.78 is 16.3. The molecule has 6 heteroatoms. The van der Waals surface area contributed by atoms with Crippen LogP contribution in [0.1, 0.15) is 18.4 Å². The minimum absolute atomic E-state index is 0.158. The van der Waals surface area contributed by atoms with E-state index in [1.54, 1.807) is 14.2 Å². The molecule has 132 valence electrons. The van der Waals surface area contributed by atoms with E-state index >= 15 is 0 Å². The number of piperazine rings is 1. The molecule has 0 unspecified atom stereocenters. The summed E-state index contributed by atoms with van der Waals surface area (Å²) in [6, 6.07) is 5.86. The lowest BCUT2D eigenvalue weighted by Gasteiger charge is -2.36. The predicted octanol–water partition coefficient (Wildman–Crippen LogP) is 1.53. The number of carbonyl (C=O) groups excluding carboxylic acids is 1. The van der Waals surface area contributed by atoms with Crippen molar-refractivity contribution in [2.24, 2.45) is 0 Å². The molecule has 6 nitrogen and oxygen atoms in total. The van der Waals surface area contributed by atoms with E-state index in [9.17, 15) is 4.79 Å². The molecule has 1 aromatic rings. The number of carbonyl (C=O) groups is 1. The minimum Gasteiger partial charge on any atom is -0.497 e. The van der Waals surface area contributed by atoms with Gasteiger partial charge in [-0.15, -0.1) is 0 Å². The molecule has 2 saturated heterocycles. The van der Waals surface area contributed by atoms with Gasteiger partial charge in [0.1, 0.15) is 17.6 Å². The van der Waals surface area contributed by atoms with Crippen LogP contribution in [0.25, 0.3) is 0 Å². The Kier molecular flexibility index (Phi) is 5.58. The first-order chi connectivity index (χ1) is 11.7. The average Bonchev–Trinajstić information content (AvgIpc) is 3.16. The molecule has 1 atom stereocenters. The maximum Gasteiger partial charge on any atom is 0.251 e. The summed E-state index contributed by atoms with van der Waals surface area (Å²) in [6.45, 7) is 4.74. The van der Waals surface area contributed by atoms with E-state index in [1.807, 2.05) is 23.1 Å². The Balaban J connectivity index is 1.56. The quantitative estimate of drug-likeness (QED) is 0.817. The molecule has 0 radical (unpaired) electrons. The first kappa shape index (κ1) is 17.0. The Labute approximate surface area is 143 Å².